The quantitative estimate of drug-likeness (QED) is 0.598. The number of phenols is 1. The summed E-state index contributed by atoms with van der Waals surface area (Å²) < 4.78 is 5.22. The zero-order valence-corrected chi connectivity index (χ0v) is 16.4. The SMILES string of the molecule is COc1ccccc1C=C1SC(=O)N(CC(=O)Nc2ccc(C(=O)O)c(O)c2)C1=O. The smallest absolute Gasteiger partial charge is 0.339 e. The fourth-order valence-electron chi connectivity index (χ4n) is 2.70. The van der Waals surface area contributed by atoms with Crippen molar-refractivity contribution in [1.82, 2.24) is 4.90 Å². The molecule has 154 valence electrons. The minimum absolute atomic E-state index is 0.124. The molecule has 1 aliphatic rings. The standard InChI is InChI=1S/C20H16N2O7S/c1-29-15-5-3-2-4-11(15)8-16-18(25)22(20(28)30-16)10-17(24)21-12-6-7-13(19(26)27)14(23)9-12/h2-9,23H,10H2,1H3,(H,21,24)(H,26,27). The predicted molar refractivity (Wildman–Crippen MR) is 109 cm³/mol. The van der Waals surface area contributed by atoms with Crippen molar-refractivity contribution >= 4 is 46.5 Å². The van der Waals surface area contributed by atoms with E-state index in [-0.39, 0.29) is 16.2 Å². The molecule has 1 heterocycles. The average Bonchev–Trinajstić information content (AvgIpc) is 2.95. The third kappa shape index (κ3) is 4.44. The number of imide groups is 1. The Morgan fingerprint density at radius 3 is 2.60 bits per heavy atom. The molecule has 0 spiro atoms. The van der Waals surface area contributed by atoms with E-state index in [1.807, 2.05) is 0 Å². The minimum atomic E-state index is -1.31. The number of carbonyl (C=O) groups is 4. The van der Waals surface area contributed by atoms with Crippen LogP contribution in [0.25, 0.3) is 6.08 Å². The van der Waals surface area contributed by atoms with Crippen molar-refractivity contribution in [2.24, 2.45) is 0 Å². The van der Waals surface area contributed by atoms with Crippen LogP contribution >= 0.6 is 11.8 Å². The van der Waals surface area contributed by atoms with Crippen LogP contribution in [-0.4, -0.2) is 51.8 Å². The van der Waals surface area contributed by atoms with Crippen molar-refractivity contribution in [2.75, 3.05) is 19.0 Å². The molecule has 3 N–H and O–H groups in total. The van der Waals surface area contributed by atoms with Crippen LogP contribution in [0.1, 0.15) is 15.9 Å². The molecule has 0 bridgehead atoms. The Morgan fingerprint density at radius 2 is 1.93 bits per heavy atom. The van der Waals surface area contributed by atoms with E-state index in [4.69, 9.17) is 9.84 Å². The summed E-state index contributed by atoms with van der Waals surface area (Å²) in [5, 5.41) is 20.4. The average molecular weight is 428 g/mol. The molecule has 0 saturated carbocycles. The molecule has 3 rings (SSSR count). The second kappa shape index (κ2) is 8.70. The number of ether oxygens (including phenoxy) is 1. The number of rotatable bonds is 6. The van der Waals surface area contributed by atoms with E-state index in [9.17, 15) is 24.3 Å². The Labute approximate surface area is 174 Å². The Hall–Kier alpha value is -3.79. The van der Waals surface area contributed by atoms with Crippen LogP contribution in [0.15, 0.2) is 47.4 Å². The van der Waals surface area contributed by atoms with E-state index in [0.29, 0.717) is 23.1 Å². The minimum Gasteiger partial charge on any atom is -0.507 e. The molecule has 0 aromatic heterocycles. The second-order valence-corrected chi connectivity index (χ2v) is 7.09. The molecule has 0 radical (unpaired) electrons. The van der Waals surface area contributed by atoms with Gasteiger partial charge in [0, 0.05) is 17.3 Å². The van der Waals surface area contributed by atoms with Gasteiger partial charge in [0.2, 0.25) is 5.91 Å². The maximum Gasteiger partial charge on any atom is 0.339 e. The first-order valence-electron chi connectivity index (χ1n) is 8.54. The lowest BCUT2D eigenvalue weighted by molar-refractivity contribution is -0.127. The van der Waals surface area contributed by atoms with E-state index in [1.165, 1.54) is 19.3 Å². The van der Waals surface area contributed by atoms with Gasteiger partial charge in [0.25, 0.3) is 11.1 Å². The molecular weight excluding hydrogens is 412 g/mol. The molecule has 0 unspecified atom stereocenters. The third-order valence-corrected chi connectivity index (χ3v) is 5.02. The third-order valence-electron chi connectivity index (χ3n) is 4.11. The summed E-state index contributed by atoms with van der Waals surface area (Å²) in [4.78, 5) is 48.9. The van der Waals surface area contributed by atoms with Gasteiger partial charge in [0.1, 0.15) is 23.6 Å². The number of nitrogens with one attached hydrogen (secondary N) is 1. The summed E-state index contributed by atoms with van der Waals surface area (Å²) in [5.74, 6) is -2.60. The number of hydrogen-bond donors (Lipinski definition) is 3. The summed E-state index contributed by atoms with van der Waals surface area (Å²) in [6.07, 6.45) is 1.52. The van der Waals surface area contributed by atoms with Gasteiger partial charge in [0.15, 0.2) is 0 Å². The number of aromatic carboxylic acids is 1. The van der Waals surface area contributed by atoms with Crippen LogP contribution < -0.4 is 10.1 Å². The van der Waals surface area contributed by atoms with E-state index in [0.717, 1.165) is 17.0 Å². The second-order valence-electron chi connectivity index (χ2n) is 6.10. The maximum atomic E-state index is 12.6. The number of nitrogens with zero attached hydrogens (tertiary/aromatic N) is 1. The highest BCUT2D eigenvalue weighted by Crippen LogP contribution is 2.33. The number of amides is 3. The molecule has 1 aliphatic heterocycles. The molecule has 2 aromatic carbocycles. The number of aromatic hydroxyl groups is 1. The van der Waals surface area contributed by atoms with Crippen molar-refractivity contribution in [1.29, 1.82) is 0 Å². The monoisotopic (exact) mass is 428 g/mol. The molecule has 9 nitrogen and oxygen atoms in total. The highest BCUT2D eigenvalue weighted by molar-refractivity contribution is 8.18. The van der Waals surface area contributed by atoms with Crippen LogP contribution in [-0.2, 0) is 9.59 Å². The van der Waals surface area contributed by atoms with Crippen LogP contribution in [0.4, 0.5) is 10.5 Å². The van der Waals surface area contributed by atoms with Crippen LogP contribution in [0.2, 0.25) is 0 Å². The lowest BCUT2D eigenvalue weighted by Gasteiger charge is -2.13. The molecule has 0 atom stereocenters. The van der Waals surface area contributed by atoms with Crippen LogP contribution in [0.5, 0.6) is 11.5 Å². The highest BCUT2D eigenvalue weighted by Gasteiger charge is 2.36. The molecule has 2 aromatic rings. The van der Waals surface area contributed by atoms with Crippen LogP contribution in [0, 0.1) is 0 Å². The fourth-order valence-corrected chi connectivity index (χ4v) is 3.53. The number of benzene rings is 2. The summed E-state index contributed by atoms with van der Waals surface area (Å²) >= 11 is 0.709. The van der Waals surface area contributed by atoms with Gasteiger partial charge >= 0.3 is 5.97 Å². The number of hydrogen-bond acceptors (Lipinski definition) is 7. The van der Waals surface area contributed by atoms with E-state index < -0.39 is 35.3 Å². The van der Waals surface area contributed by atoms with Gasteiger partial charge in [0.05, 0.1) is 12.0 Å². The number of para-hydroxylation sites is 1. The summed E-state index contributed by atoms with van der Waals surface area (Å²) in [6, 6.07) is 10.5. The molecule has 1 saturated heterocycles. The first-order chi connectivity index (χ1) is 14.3. The molecule has 10 heteroatoms. The van der Waals surface area contributed by atoms with E-state index in [1.54, 1.807) is 24.3 Å². The van der Waals surface area contributed by atoms with Gasteiger partial charge in [-0.15, -0.1) is 0 Å². The van der Waals surface area contributed by atoms with Gasteiger partial charge in [-0.3, -0.25) is 19.3 Å². The number of anilines is 1. The Balaban J connectivity index is 1.71. The van der Waals surface area contributed by atoms with Crippen LogP contribution in [0.3, 0.4) is 0 Å². The topological polar surface area (TPSA) is 133 Å². The Kier molecular flexibility index (Phi) is 6.07. The number of carboxylic acids is 1. The Morgan fingerprint density at radius 1 is 1.20 bits per heavy atom. The summed E-state index contributed by atoms with van der Waals surface area (Å²) in [6.45, 7) is -0.532. The zero-order chi connectivity index (χ0) is 21.8. The van der Waals surface area contributed by atoms with E-state index >= 15 is 0 Å². The molecule has 0 aliphatic carbocycles. The summed E-state index contributed by atoms with van der Waals surface area (Å²) in [5.41, 5.74) is 0.420. The predicted octanol–water partition coefficient (Wildman–Crippen LogP) is 2.77. The number of methoxy groups -OCH3 is 1. The fraction of sp³-hybridized carbons (Fsp3) is 0.100. The van der Waals surface area contributed by atoms with Crippen molar-refractivity contribution in [3.8, 4) is 11.5 Å². The maximum absolute atomic E-state index is 12.6. The number of carbonyl (C=O) groups excluding carboxylic acids is 3. The zero-order valence-electron chi connectivity index (χ0n) is 15.6. The lowest BCUT2D eigenvalue weighted by Crippen LogP contribution is -2.36. The van der Waals surface area contributed by atoms with E-state index in [2.05, 4.69) is 5.32 Å². The largest absolute Gasteiger partial charge is 0.507 e. The number of thioether (sulfide) groups is 1. The van der Waals surface area contributed by atoms with Crippen molar-refractivity contribution < 1.29 is 34.1 Å². The highest BCUT2D eigenvalue weighted by atomic mass is 32.2. The molecule has 3 amide bonds. The molecule has 30 heavy (non-hydrogen) atoms. The first-order valence-corrected chi connectivity index (χ1v) is 9.36. The van der Waals surface area contributed by atoms with Gasteiger partial charge in [-0.2, -0.15) is 0 Å². The Bertz CT molecular complexity index is 1080. The van der Waals surface area contributed by atoms with Gasteiger partial charge < -0.3 is 20.3 Å². The van der Waals surface area contributed by atoms with Crippen molar-refractivity contribution in [3.05, 3.63) is 58.5 Å². The normalized spacial score (nSPS) is 14.8. The van der Waals surface area contributed by atoms with Gasteiger partial charge in [-0.1, -0.05) is 18.2 Å². The number of carboxylic acid groups (broad SMARTS) is 1. The lowest BCUT2D eigenvalue weighted by atomic mass is 10.2. The molecular formula is C20H16N2O7S. The van der Waals surface area contributed by atoms with Gasteiger partial charge in [-0.25, -0.2) is 4.79 Å². The molecule has 1 fully saturated rings. The van der Waals surface area contributed by atoms with Crippen molar-refractivity contribution in [2.45, 2.75) is 0 Å². The van der Waals surface area contributed by atoms with Gasteiger partial charge in [-0.05, 0) is 36.0 Å². The van der Waals surface area contributed by atoms with Crippen molar-refractivity contribution in [3.63, 3.8) is 0 Å². The first kappa shape index (κ1) is 20.9. The summed E-state index contributed by atoms with van der Waals surface area (Å²) in [7, 11) is 1.49.